The summed E-state index contributed by atoms with van der Waals surface area (Å²) < 4.78 is 114. The largest absolute Gasteiger partial charge is 0.331 e. The molecule has 0 heterocycles. The topological polar surface area (TPSA) is 183 Å². The van der Waals surface area contributed by atoms with Crippen LogP contribution in [0.25, 0.3) is 0 Å². The second kappa shape index (κ2) is 25.7. The summed E-state index contributed by atoms with van der Waals surface area (Å²) in [5.74, 6) is -17.5. The highest BCUT2D eigenvalue weighted by molar-refractivity contribution is 5.97. The molecule has 0 amide bonds. The standard InChI is InChI=1S/C43H86O19/c1-23-40(57-34(11,45-17)51-27-5,42(25-3,59-36(13,47-19)53-29-7)60-37(14,48-20)54-30-8)33(44)41(24-2,58-35(12,46-18)52-28-6)43(26-4,61-38(15,49-21)55-31-9)62-39(16,50-22)56-32-10/h23-32H2,1-22H3. The van der Waals surface area contributed by atoms with Gasteiger partial charge in [0.2, 0.25) is 17.4 Å². The molecule has 0 aromatic rings. The minimum Gasteiger partial charge on any atom is -0.331 e. The van der Waals surface area contributed by atoms with Gasteiger partial charge in [0, 0.05) is 137 Å². The van der Waals surface area contributed by atoms with Crippen molar-refractivity contribution in [3.63, 3.8) is 0 Å². The monoisotopic (exact) mass is 907 g/mol. The number of hydrogen-bond donors (Lipinski definition) is 0. The quantitative estimate of drug-likeness (QED) is 0.0562. The van der Waals surface area contributed by atoms with Crippen LogP contribution in [-0.2, 0) is 90.1 Å². The summed E-state index contributed by atoms with van der Waals surface area (Å²) >= 11 is 0. The molecule has 0 aromatic heterocycles. The maximum Gasteiger partial charge on any atom is 0.282 e. The Hall–Kier alpha value is -1.05. The third-order valence-electron chi connectivity index (χ3n) is 10.7. The van der Waals surface area contributed by atoms with Crippen molar-refractivity contribution < 1.29 is 90.1 Å². The van der Waals surface area contributed by atoms with Crippen molar-refractivity contribution in [2.75, 3.05) is 82.3 Å². The Labute approximate surface area is 372 Å². The highest BCUT2D eigenvalue weighted by atomic mass is 17.0. The molecule has 62 heavy (non-hydrogen) atoms. The second-order valence-electron chi connectivity index (χ2n) is 14.5. The Kier molecular flexibility index (Phi) is 25.3. The number of ketones is 1. The first-order chi connectivity index (χ1) is 28.9. The predicted molar refractivity (Wildman–Crippen MR) is 226 cm³/mol. The molecule has 0 aromatic carbocycles. The molecule has 0 aliphatic heterocycles. The molecule has 372 valence electrons. The van der Waals surface area contributed by atoms with Crippen LogP contribution in [0.5, 0.6) is 0 Å². The Morgan fingerprint density at radius 3 is 0.613 bits per heavy atom. The smallest absolute Gasteiger partial charge is 0.282 e. The molecule has 8 unspecified atom stereocenters. The normalized spacial score (nSPS) is 22.3. The molecule has 0 aliphatic carbocycles. The average molecular weight is 907 g/mol. The first kappa shape index (κ1) is 60.9. The summed E-state index contributed by atoms with van der Waals surface area (Å²) in [6, 6.07) is 0. The molecule has 0 fully saturated rings. The van der Waals surface area contributed by atoms with E-state index in [9.17, 15) is 0 Å². The van der Waals surface area contributed by atoms with Crippen LogP contribution in [0.1, 0.15) is 136 Å². The lowest BCUT2D eigenvalue weighted by Crippen LogP contribution is -2.79. The number of carbonyl (C=O) groups excluding carboxylic acids is 1. The van der Waals surface area contributed by atoms with E-state index in [4.69, 9.17) is 85.3 Å². The second-order valence-corrected chi connectivity index (χ2v) is 14.5. The van der Waals surface area contributed by atoms with Gasteiger partial charge >= 0.3 is 0 Å². The molecule has 8 atom stereocenters. The molecule has 0 saturated carbocycles. The Bertz CT molecular complexity index is 1140. The van der Waals surface area contributed by atoms with Gasteiger partial charge < -0.3 is 66.3 Å². The first-order valence-electron chi connectivity index (χ1n) is 21.8. The molecule has 0 saturated heterocycles. The fourth-order valence-corrected chi connectivity index (χ4v) is 7.34. The molecule has 0 radical (unpaired) electrons. The maximum absolute atomic E-state index is 17.4. The molecule has 0 rings (SSSR count). The van der Waals surface area contributed by atoms with Crippen molar-refractivity contribution >= 4 is 5.78 Å². The van der Waals surface area contributed by atoms with Crippen molar-refractivity contribution in [3.05, 3.63) is 0 Å². The number of Topliss-reactive ketones (excluding diaryl/α,β-unsaturated/α-hetero) is 1. The van der Waals surface area contributed by atoms with E-state index >= 15 is 4.79 Å². The third kappa shape index (κ3) is 14.0. The Balaban J connectivity index is 9.94. The summed E-state index contributed by atoms with van der Waals surface area (Å²) in [6.07, 6.45) is -0.971. The third-order valence-corrected chi connectivity index (χ3v) is 10.7. The summed E-state index contributed by atoms with van der Waals surface area (Å²) in [4.78, 5) is 17.4. The molecular weight excluding hydrogens is 820 g/mol. The van der Waals surface area contributed by atoms with Gasteiger partial charge in [-0.25, -0.2) is 0 Å². The van der Waals surface area contributed by atoms with Gasteiger partial charge in [0.15, 0.2) is 11.2 Å². The zero-order valence-corrected chi connectivity index (χ0v) is 42.3. The summed E-state index contributed by atoms with van der Waals surface area (Å²) in [5, 5.41) is 0. The summed E-state index contributed by atoms with van der Waals surface area (Å²) in [7, 11) is 8.21. The van der Waals surface area contributed by atoms with Gasteiger partial charge in [-0.2, -0.15) is 0 Å². The van der Waals surface area contributed by atoms with Crippen LogP contribution in [0.3, 0.4) is 0 Å². The van der Waals surface area contributed by atoms with E-state index in [1.54, 1.807) is 69.2 Å². The summed E-state index contributed by atoms with van der Waals surface area (Å²) in [5.41, 5.74) is -5.02. The number of carbonyl (C=O) groups is 1. The van der Waals surface area contributed by atoms with Gasteiger partial charge in [-0.15, -0.1) is 0 Å². The zero-order chi connectivity index (χ0) is 48.4. The highest BCUT2D eigenvalue weighted by Gasteiger charge is 2.75. The van der Waals surface area contributed by atoms with E-state index in [2.05, 4.69) is 0 Å². The molecule has 0 N–H and O–H groups in total. The van der Waals surface area contributed by atoms with Crippen molar-refractivity contribution in [2.24, 2.45) is 0 Å². The first-order valence-corrected chi connectivity index (χ1v) is 21.8. The van der Waals surface area contributed by atoms with Crippen LogP contribution in [0.4, 0.5) is 0 Å². The fourth-order valence-electron chi connectivity index (χ4n) is 7.34. The maximum atomic E-state index is 17.4. The highest BCUT2D eigenvalue weighted by Crippen LogP contribution is 2.54. The van der Waals surface area contributed by atoms with E-state index in [0.717, 1.165) is 0 Å². The van der Waals surface area contributed by atoms with Crippen LogP contribution in [-0.4, -0.2) is 147 Å². The van der Waals surface area contributed by atoms with E-state index < -0.39 is 64.4 Å². The van der Waals surface area contributed by atoms with Gasteiger partial charge in [-0.1, -0.05) is 27.7 Å². The van der Waals surface area contributed by atoms with Gasteiger partial charge in [-0.3, -0.25) is 23.7 Å². The number of methoxy groups -OCH3 is 6. The molecular formula is C43H86O19. The summed E-state index contributed by atoms with van der Waals surface area (Å²) in [6.45, 7) is 26.8. The number of ether oxygens (including phenoxy) is 18. The minimum absolute atomic E-state index is 0.0658. The van der Waals surface area contributed by atoms with Crippen LogP contribution in [0, 0.1) is 0 Å². The fraction of sp³-hybridized carbons (Fsp3) is 0.977. The molecule has 0 aliphatic rings. The Morgan fingerprint density at radius 2 is 0.484 bits per heavy atom. The van der Waals surface area contributed by atoms with Crippen molar-refractivity contribution in [1.82, 2.24) is 0 Å². The Morgan fingerprint density at radius 1 is 0.306 bits per heavy atom. The van der Waals surface area contributed by atoms with Crippen molar-refractivity contribution in [3.8, 4) is 0 Å². The van der Waals surface area contributed by atoms with Crippen molar-refractivity contribution in [1.29, 1.82) is 0 Å². The SMILES string of the molecule is CCOC(C)(OC)OC(CC)(OC(C)(OC)OCC)C(CC)(OC(C)(OC)OCC)C(=O)C(CC)(OC(C)(OC)OCC)C(CC)(OC(C)(OC)OCC)OC(C)(OC)OCC. The van der Waals surface area contributed by atoms with Crippen LogP contribution in [0.2, 0.25) is 0 Å². The van der Waals surface area contributed by atoms with E-state index in [1.165, 1.54) is 84.2 Å². The van der Waals surface area contributed by atoms with E-state index in [-0.39, 0.29) is 65.3 Å². The minimum atomic E-state index is -2.51. The molecule has 19 nitrogen and oxygen atoms in total. The molecule has 0 bridgehead atoms. The van der Waals surface area contributed by atoms with E-state index in [1.807, 2.05) is 0 Å². The zero-order valence-electron chi connectivity index (χ0n) is 42.3. The van der Waals surface area contributed by atoms with Crippen molar-refractivity contribution in [2.45, 2.75) is 195 Å². The van der Waals surface area contributed by atoms with Gasteiger partial charge in [-0.05, 0) is 54.4 Å². The van der Waals surface area contributed by atoms with Crippen LogP contribution in [0.15, 0.2) is 0 Å². The number of hydrogen-bond acceptors (Lipinski definition) is 19. The molecule has 19 heteroatoms. The lowest BCUT2D eigenvalue weighted by molar-refractivity contribution is -0.539. The lowest BCUT2D eigenvalue weighted by Gasteiger charge is -2.59. The van der Waals surface area contributed by atoms with Gasteiger partial charge in [0.1, 0.15) is 0 Å². The van der Waals surface area contributed by atoms with Crippen LogP contribution < -0.4 is 0 Å². The van der Waals surface area contributed by atoms with E-state index in [0.29, 0.717) is 0 Å². The molecule has 0 spiro atoms. The number of rotatable bonds is 38. The van der Waals surface area contributed by atoms with Gasteiger partial charge in [0.25, 0.3) is 35.8 Å². The van der Waals surface area contributed by atoms with Crippen LogP contribution >= 0.6 is 0 Å². The lowest BCUT2D eigenvalue weighted by atomic mass is 9.70. The predicted octanol–water partition coefficient (Wildman–Crippen LogP) is 7.30. The van der Waals surface area contributed by atoms with Gasteiger partial charge in [0.05, 0.1) is 0 Å². The average Bonchev–Trinajstić information content (AvgIpc) is 3.24.